The molecule has 3 N–H and O–H groups in total. The third kappa shape index (κ3) is 7.51. The summed E-state index contributed by atoms with van der Waals surface area (Å²) in [6, 6.07) is 11.9. The van der Waals surface area contributed by atoms with Crippen molar-refractivity contribution in [1.29, 1.82) is 0 Å². The number of nitrogens with one attached hydrogen (secondary N) is 2. The van der Waals surface area contributed by atoms with Crippen molar-refractivity contribution in [3.05, 3.63) is 59.9 Å². The van der Waals surface area contributed by atoms with Gasteiger partial charge in [-0.1, -0.05) is 30.3 Å². The minimum Gasteiger partial charge on any atom is -0.444 e. The number of hydrogen-bond donors (Lipinski definition) is 3. The Morgan fingerprint density at radius 1 is 1.10 bits per heavy atom. The monoisotopic (exact) mass is 544 g/mol. The second-order valence-corrected chi connectivity index (χ2v) is 11.6. The van der Waals surface area contributed by atoms with Crippen LogP contribution in [-0.2, 0) is 21.7 Å². The lowest BCUT2D eigenvalue weighted by atomic mass is 9.79. The molecule has 1 saturated carbocycles. The Morgan fingerprint density at radius 2 is 1.79 bits per heavy atom. The van der Waals surface area contributed by atoms with E-state index in [4.69, 9.17) is 4.74 Å². The summed E-state index contributed by atoms with van der Waals surface area (Å²) in [5, 5.41) is 17.2. The van der Waals surface area contributed by atoms with Crippen molar-refractivity contribution in [3.63, 3.8) is 0 Å². The molecule has 2 aliphatic rings. The molecule has 1 aliphatic heterocycles. The van der Waals surface area contributed by atoms with Crippen LogP contribution < -0.4 is 10.6 Å². The van der Waals surface area contributed by atoms with Crippen LogP contribution in [0, 0.1) is 5.92 Å². The van der Waals surface area contributed by atoms with E-state index >= 15 is 0 Å². The molecule has 1 aromatic heterocycles. The third-order valence-electron chi connectivity index (χ3n) is 7.33. The summed E-state index contributed by atoms with van der Waals surface area (Å²) in [6.45, 7) is 7.40. The number of pyridine rings is 1. The Kier molecular flexibility index (Phi) is 8.56. The number of halogens is 2. The van der Waals surface area contributed by atoms with E-state index in [0.717, 1.165) is 5.69 Å². The number of rotatable bonds is 7. The van der Waals surface area contributed by atoms with E-state index in [2.05, 4.69) is 20.5 Å². The number of hydrogen-bond acceptors (Lipinski definition) is 6. The number of benzene rings is 1. The van der Waals surface area contributed by atoms with Crippen LogP contribution >= 0.6 is 0 Å². The van der Waals surface area contributed by atoms with Crippen LogP contribution in [0.25, 0.3) is 0 Å². The van der Waals surface area contributed by atoms with Gasteiger partial charge in [0.15, 0.2) is 5.60 Å². The number of nitrogens with zero attached hydrogens (tertiary/aromatic N) is 2. The van der Waals surface area contributed by atoms with E-state index in [1.54, 1.807) is 63.4 Å². The van der Waals surface area contributed by atoms with Crippen molar-refractivity contribution in [2.75, 3.05) is 18.4 Å². The first-order chi connectivity index (χ1) is 18.3. The molecule has 2 atom stereocenters. The van der Waals surface area contributed by atoms with E-state index in [0.29, 0.717) is 43.7 Å². The first-order valence-electron chi connectivity index (χ1n) is 13.5. The zero-order chi connectivity index (χ0) is 28.3. The zero-order valence-electron chi connectivity index (χ0n) is 22.8. The number of carbonyl (C=O) groups excluding carboxylic acids is 2. The Morgan fingerprint density at radius 3 is 2.36 bits per heavy atom. The highest BCUT2D eigenvalue weighted by Gasteiger charge is 2.53. The fourth-order valence-electron chi connectivity index (χ4n) is 5.32. The number of amides is 2. The summed E-state index contributed by atoms with van der Waals surface area (Å²) in [7, 11) is 0. The van der Waals surface area contributed by atoms with Crippen molar-refractivity contribution in [1.82, 2.24) is 15.2 Å². The number of alkyl halides is 2. The lowest BCUT2D eigenvalue weighted by Gasteiger charge is -2.37. The van der Waals surface area contributed by atoms with E-state index in [1.807, 2.05) is 6.07 Å². The van der Waals surface area contributed by atoms with Crippen LogP contribution in [0.4, 0.5) is 19.3 Å². The highest BCUT2D eigenvalue weighted by Crippen LogP contribution is 2.47. The molecule has 0 unspecified atom stereocenters. The molecule has 2 fully saturated rings. The molecule has 8 nitrogen and oxygen atoms in total. The molecular formula is C29H38F2N4O4. The Labute approximate surface area is 228 Å². The largest absolute Gasteiger partial charge is 0.444 e. The summed E-state index contributed by atoms with van der Waals surface area (Å²) in [5.74, 6) is -4.34. The average Bonchev–Trinajstić information content (AvgIpc) is 3.25. The minimum atomic E-state index is -2.88. The third-order valence-corrected chi connectivity index (χ3v) is 7.33. The van der Waals surface area contributed by atoms with Crippen LogP contribution in [-0.4, -0.2) is 57.6 Å². The second-order valence-electron chi connectivity index (χ2n) is 11.6. The summed E-state index contributed by atoms with van der Waals surface area (Å²) >= 11 is 0. The Bertz CT molecular complexity index is 1130. The number of likely N-dealkylation sites (tertiary alicyclic amines) is 1. The summed E-state index contributed by atoms with van der Waals surface area (Å²) in [4.78, 5) is 32.0. The number of piperidine rings is 1. The molecule has 0 radical (unpaired) electrons. The fourth-order valence-corrected chi connectivity index (χ4v) is 5.32. The Hall–Kier alpha value is -3.11. The van der Waals surface area contributed by atoms with Gasteiger partial charge in [-0.3, -0.25) is 20.0 Å². The molecule has 212 valence electrons. The van der Waals surface area contributed by atoms with Crippen molar-refractivity contribution in [2.24, 2.45) is 5.92 Å². The quantitative estimate of drug-likeness (QED) is 0.461. The number of ether oxygens (including phenoxy) is 1. The van der Waals surface area contributed by atoms with E-state index in [-0.39, 0.29) is 18.9 Å². The number of aliphatic hydroxyl groups is 1. The van der Waals surface area contributed by atoms with Gasteiger partial charge in [0.1, 0.15) is 5.60 Å². The smallest absolute Gasteiger partial charge is 0.412 e. The van der Waals surface area contributed by atoms with Gasteiger partial charge in [0, 0.05) is 44.4 Å². The molecule has 10 heteroatoms. The normalized spacial score (nSPS) is 21.6. The predicted octanol–water partition coefficient (Wildman–Crippen LogP) is 4.83. The first-order valence-corrected chi connectivity index (χ1v) is 13.5. The van der Waals surface area contributed by atoms with Crippen molar-refractivity contribution in [3.8, 4) is 0 Å². The van der Waals surface area contributed by atoms with Gasteiger partial charge in [-0.2, -0.15) is 0 Å². The van der Waals surface area contributed by atoms with Gasteiger partial charge in [0.25, 0.3) is 5.91 Å². The maximum absolute atomic E-state index is 14.0. The number of aromatic nitrogens is 1. The van der Waals surface area contributed by atoms with Crippen LogP contribution in [0.5, 0.6) is 0 Å². The van der Waals surface area contributed by atoms with Crippen LogP contribution in [0.15, 0.2) is 48.7 Å². The van der Waals surface area contributed by atoms with Crippen LogP contribution in [0.3, 0.4) is 0 Å². The molecule has 0 bridgehead atoms. The highest BCUT2D eigenvalue weighted by atomic mass is 19.3. The topological polar surface area (TPSA) is 104 Å². The standard InChI is InChI=1S/C29H38F2N4O4/c1-27(2,3)39-26(37)34-23-9-10-24(32-18-23)19-35-15-12-22(13-16-35)33-25(36)29(38,20-7-5-4-6-8-20)21-11-14-28(30,31)17-21/h4-10,18,21-22,38H,11-17,19H2,1-3H3,(H,33,36)(H,34,37)/t21-,29+/m1/s1. The van der Waals surface area contributed by atoms with E-state index in [1.165, 1.54) is 0 Å². The number of anilines is 1. The molecule has 39 heavy (non-hydrogen) atoms. The second kappa shape index (κ2) is 11.6. The van der Waals surface area contributed by atoms with Gasteiger partial charge < -0.3 is 15.2 Å². The van der Waals surface area contributed by atoms with Crippen LogP contribution in [0.2, 0.25) is 0 Å². The maximum Gasteiger partial charge on any atom is 0.412 e. The van der Waals surface area contributed by atoms with Crippen LogP contribution in [0.1, 0.15) is 64.1 Å². The molecule has 2 heterocycles. The zero-order valence-corrected chi connectivity index (χ0v) is 22.8. The SMILES string of the molecule is CC(C)(C)OC(=O)Nc1ccc(CN2CCC(NC(=O)[C@](O)(c3ccccc3)[C@@H]3CCC(F)(F)C3)CC2)nc1. The molecule has 1 aliphatic carbocycles. The average molecular weight is 545 g/mol. The van der Waals surface area contributed by atoms with Crippen molar-refractivity contribution >= 4 is 17.7 Å². The van der Waals surface area contributed by atoms with Gasteiger partial charge in [-0.15, -0.1) is 0 Å². The van der Waals surface area contributed by atoms with E-state index < -0.39 is 41.5 Å². The van der Waals surface area contributed by atoms with Gasteiger partial charge in [-0.25, -0.2) is 13.6 Å². The van der Waals surface area contributed by atoms with Crippen molar-refractivity contribution < 1.29 is 28.2 Å². The molecule has 1 saturated heterocycles. The molecule has 0 spiro atoms. The lowest BCUT2D eigenvalue weighted by molar-refractivity contribution is -0.149. The Balaban J connectivity index is 1.31. The highest BCUT2D eigenvalue weighted by molar-refractivity contribution is 5.87. The molecule has 4 rings (SSSR count). The molecule has 2 amide bonds. The molecule has 2 aromatic rings. The van der Waals surface area contributed by atoms with Gasteiger partial charge in [0.05, 0.1) is 17.6 Å². The van der Waals surface area contributed by atoms with Gasteiger partial charge >= 0.3 is 6.09 Å². The molecule has 1 aromatic carbocycles. The fraction of sp³-hybridized carbons (Fsp3) is 0.552. The van der Waals surface area contributed by atoms with Gasteiger partial charge in [0.2, 0.25) is 5.92 Å². The minimum absolute atomic E-state index is 0.0866. The van der Waals surface area contributed by atoms with Gasteiger partial charge in [-0.05, 0) is 57.7 Å². The summed E-state index contributed by atoms with van der Waals surface area (Å²) in [5.41, 5.74) is -0.863. The molecular weight excluding hydrogens is 506 g/mol. The summed E-state index contributed by atoms with van der Waals surface area (Å²) in [6.07, 6.45) is 1.62. The number of carbonyl (C=O) groups is 2. The predicted molar refractivity (Wildman–Crippen MR) is 143 cm³/mol. The first kappa shape index (κ1) is 28.9. The van der Waals surface area contributed by atoms with Crippen molar-refractivity contribution in [2.45, 2.75) is 82.6 Å². The summed E-state index contributed by atoms with van der Waals surface area (Å²) < 4.78 is 33.3. The van der Waals surface area contributed by atoms with E-state index in [9.17, 15) is 23.5 Å². The maximum atomic E-state index is 14.0. The lowest BCUT2D eigenvalue weighted by Crippen LogP contribution is -2.54.